The van der Waals surface area contributed by atoms with E-state index in [-0.39, 0.29) is 24.2 Å². The molecule has 3 aliphatic heterocycles. The molecule has 4 rings (SSSR count). The van der Waals surface area contributed by atoms with Crippen LogP contribution in [0, 0.1) is 17.8 Å². The van der Waals surface area contributed by atoms with Gasteiger partial charge >= 0.3 is 0 Å². The van der Waals surface area contributed by atoms with Crippen molar-refractivity contribution in [2.75, 3.05) is 32.8 Å². The molecule has 2 saturated heterocycles. The van der Waals surface area contributed by atoms with Gasteiger partial charge in [-0.15, -0.1) is 12.4 Å². The molecule has 0 saturated carbocycles. The van der Waals surface area contributed by atoms with Crippen molar-refractivity contribution in [1.82, 2.24) is 10.2 Å². The quantitative estimate of drug-likeness (QED) is 0.851. The number of halogens is 1. The van der Waals surface area contributed by atoms with E-state index in [4.69, 9.17) is 4.74 Å². The van der Waals surface area contributed by atoms with Crippen molar-refractivity contribution in [2.45, 2.75) is 6.42 Å². The summed E-state index contributed by atoms with van der Waals surface area (Å²) in [5.74, 6) is 2.55. The minimum Gasteiger partial charge on any atom is -0.492 e. The lowest BCUT2D eigenvalue weighted by Gasteiger charge is -2.28. The standard InChI is InChI=1S/C16H20N2O2.ClH/c19-16(18-8-13-6-17-7-14(13)9-18)12-5-11-3-1-2-4-15(11)20-10-12;/h1-4,12-14,17H,5-10H2;1H/t12?,13-,14+;. The fourth-order valence-corrected chi connectivity index (χ4v) is 3.78. The van der Waals surface area contributed by atoms with Gasteiger partial charge < -0.3 is 15.0 Å². The van der Waals surface area contributed by atoms with E-state index in [1.165, 1.54) is 0 Å². The highest BCUT2D eigenvalue weighted by Crippen LogP contribution is 2.31. The van der Waals surface area contributed by atoms with Gasteiger partial charge in [0.1, 0.15) is 12.4 Å². The van der Waals surface area contributed by atoms with Crippen LogP contribution < -0.4 is 10.1 Å². The van der Waals surface area contributed by atoms with Crippen LogP contribution in [0.4, 0.5) is 0 Å². The van der Waals surface area contributed by atoms with Crippen molar-refractivity contribution in [1.29, 1.82) is 0 Å². The van der Waals surface area contributed by atoms with E-state index < -0.39 is 0 Å². The number of ether oxygens (including phenoxy) is 1. The molecule has 0 bridgehead atoms. The number of likely N-dealkylation sites (tertiary alicyclic amines) is 1. The summed E-state index contributed by atoms with van der Waals surface area (Å²) >= 11 is 0. The summed E-state index contributed by atoms with van der Waals surface area (Å²) in [5.41, 5.74) is 1.16. The topological polar surface area (TPSA) is 41.6 Å². The maximum absolute atomic E-state index is 12.7. The van der Waals surface area contributed by atoms with Crippen LogP contribution in [-0.2, 0) is 11.2 Å². The Bertz CT molecular complexity index is 525. The van der Waals surface area contributed by atoms with Gasteiger partial charge in [-0.3, -0.25) is 4.79 Å². The number of hydrogen-bond acceptors (Lipinski definition) is 3. The molecule has 1 amide bonds. The van der Waals surface area contributed by atoms with Crippen molar-refractivity contribution in [3.05, 3.63) is 29.8 Å². The Morgan fingerprint density at radius 3 is 2.67 bits per heavy atom. The molecule has 1 unspecified atom stereocenters. The first kappa shape index (κ1) is 14.7. The van der Waals surface area contributed by atoms with Gasteiger partial charge in [0.2, 0.25) is 5.91 Å². The molecule has 114 valence electrons. The van der Waals surface area contributed by atoms with Gasteiger partial charge in [-0.05, 0) is 29.9 Å². The zero-order chi connectivity index (χ0) is 13.5. The zero-order valence-corrected chi connectivity index (χ0v) is 12.8. The number of carbonyl (C=O) groups is 1. The van der Waals surface area contributed by atoms with Crippen LogP contribution >= 0.6 is 12.4 Å². The zero-order valence-electron chi connectivity index (χ0n) is 12.0. The Hall–Kier alpha value is -1.26. The predicted molar refractivity (Wildman–Crippen MR) is 82.8 cm³/mol. The molecule has 0 aliphatic carbocycles. The van der Waals surface area contributed by atoms with E-state index in [2.05, 4.69) is 16.3 Å². The number of para-hydroxylation sites is 1. The third kappa shape index (κ3) is 2.62. The van der Waals surface area contributed by atoms with E-state index in [1.54, 1.807) is 0 Å². The summed E-state index contributed by atoms with van der Waals surface area (Å²) in [6, 6.07) is 8.05. The van der Waals surface area contributed by atoms with Gasteiger partial charge in [0.25, 0.3) is 0 Å². The number of nitrogens with one attached hydrogen (secondary N) is 1. The molecule has 0 aromatic heterocycles. The first-order chi connectivity index (χ1) is 9.81. The molecule has 2 fully saturated rings. The van der Waals surface area contributed by atoms with Gasteiger partial charge in [0, 0.05) is 26.2 Å². The van der Waals surface area contributed by atoms with Gasteiger partial charge in [-0.25, -0.2) is 0 Å². The third-order valence-corrected chi connectivity index (χ3v) is 4.93. The lowest BCUT2D eigenvalue weighted by atomic mass is 9.95. The van der Waals surface area contributed by atoms with Gasteiger partial charge in [0.05, 0.1) is 5.92 Å². The molecule has 21 heavy (non-hydrogen) atoms. The van der Waals surface area contributed by atoms with Gasteiger partial charge in [-0.1, -0.05) is 18.2 Å². The van der Waals surface area contributed by atoms with E-state index in [9.17, 15) is 4.79 Å². The van der Waals surface area contributed by atoms with E-state index >= 15 is 0 Å². The lowest BCUT2D eigenvalue weighted by molar-refractivity contribution is -0.136. The van der Waals surface area contributed by atoms with Crippen molar-refractivity contribution in [2.24, 2.45) is 17.8 Å². The minimum atomic E-state index is -0.00307. The monoisotopic (exact) mass is 308 g/mol. The van der Waals surface area contributed by atoms with Crippen LogP contribution in [0.3, 0.4) is 0 Å². The van der Waals surface area contributed by atoms with Crippen molar-refractivity contribution >= 4 is 18.3 Å². The van der Waals surface area contributed by atoms with E-state index in [0.29, 0.717) is 18.4 Å². The molecule has 1 N–H and O–H groups in total. The Kier molecular flexibility index (Phi) is 4.09. The summed E-state index contributed by atoms with van der Waals surface area (Å²) in [6.45, 7) is 4.51. The molecule has 1 aromatic carbocycles. The molecule has 0 radical (unpaired) electrons. The molecule has 4 nitrogen and oxygen atoms in total. The second kappa shape index (κ2) is 5.85. The normalized spacial score (nSPS) is 30.1. The minimum absolute atomic E-state index is 0. The van der Waals surface area contributed by atoms with E-state index in [0.717, 1.165) is 43.9 Å². The van der Waals surface area contributed by atoms with Gasteiger partial charge in [0.15, 0.2) is 0 Å². The van der Waals surface area contributed by atoms with Crippen LogP contribution in [-0.4, -0.2) is 43.6 Å². The second-order valence-corrected chi connectivity index (χ2v) is 6.24. The molecule has 3 heterocycles. The first-order valence-electron chi connectivity index (χ1n) is 7.51. The number of hydrogen-bond donors (Lipinski definition) is 1. The molecule has 0 spiro atoms. The van der Waals surface area contributed by atoms with Crippen molar-refractivity contribution in [3.63, 3.8) is 0 Å². The SMILES string of the molecule is Cl.O=C(C1COc2ccccc2C1)N1C[C@H]2CNC[C@H]2C1. The summed E-state index contributed by atoms with van der Waals surface area (Å²) in [5, 5.41) is 3.41. The van der Waals surface area contributed by atoms with Crippen LogP contribution in [0.2, 0.25) is 0 Å². The number of rotatable bonds is 1. The molecule has 5 heteroatoms. The van der Waals surface area contributed by atoms with Gasteiger partial charge in [-0.2, -0.15) is 0 Å². The first-order valence-corrected chi connectivity index (χ1v) is 7.51. The molecule has 3 atom stereocenters. The average molecular weight is 309 g/mol. The Morgan fingerprint density at radius 1 is 1.19 bits per heavy atom. The summed E-state index contributed by atoms with van der Waals surface area (Å²) in [6.07, 6.45) is 0.819. The summed E-state index contributed by atoms with van der Waals surface area (Å²) in [7, 11) is 0. The average Bonchev–Trinajstić information content (AvgIpc) is 3.07. The highest BCUT2D eigenvalue weighted by Gasteiger charge is 2.40. The van der Waals surface area contributed by atoms with E-state index in [1.807, 2.05) is 18.2 Å². The number of benzene rings is 1. The fourth-order valence-electron chi connectivity index (χ4n) is 3.78. The predicted octanol–water partition coefficient (Wildman–Crippen LogP) is 1.34. The van der Waals surface area contributed by atoms with Crippen LogP contribution in [0.15, 0.2) is 24.3 Å². The van der Waals surface area contributed by atoms with Crippen LogP contribution in [0.5, 0.6) is 5.75 Å². The van der Waals surface area contributed by atoms with Crippen molar-refractivity contribution in [3.8, 4) is 5.75 Å². The largest absolute Gasteiger partial charge is 0.492 e. The van der Waals surface area contributed by atoms with Crippen LogP contribution in [0.1, 0.15) is 5.56 Å². The summed E-state index contributed by atoms with van der Waals surface area (Å²) < 4.78 is 5.75. The Labute approximate surface area is 131 Å². The summed E-state index contributed by atoms with van der Waals surface area (Å²) in [4.78, 5) is 14.7. The third-order valence-electron chi connectivity index (χ3n) is 4.93. The smallest absolute Gasteiger partial charge is 0.229 e. The second-order valence-electron chi connectivity index (χ2n) is 6.24. The molecular weight excluding hydrogens is 288 g/mol. The number of amides is 1. The molecule has 3 aliphatic rings. The highest BCUT2D eigenvalue weighted by atomic mass is 35.5. The highest BCUT2D eigenvalue weighted by molar-refractivity contribution is 5.85. The molecule has 1 aromatic rings. The number of nitrogens with zero attached hydrogens (tertiary/aromatic N) is 1. The maximum Gasteiger partial charge on any atom is 0.229 e. The van der Waals surface area contributed by atoms with Crippen molar-refractivity contribution < 1.29 is 9.53 Å². The number of carbonyl (C=O) groups excluding carboxylic acids is 1. The molecular formula is C16H21ClN2O2. The fraction of sp³-hybridized carbons (Fsp3) is 0.562. The lowest BCUT2D eigenvalue weighted by Crippen LogP contribution is -2.40. The Morgan fingerprint density at radius 2 is 1.90 bits per heavy atom. The van der Waals surface area contributed by atoms with Crippen LogP contribution in [0.25, 0.3) is 0 Å². The number of fused-ring (bicyclic) bond motifs is 2. The Balaban J connectivity index is 0.00000132. The maximum atomic E-state index is 12.7.